The van der Waals surface area contributed by atoms with Gasteiger partial charge in [-0.25, -0.2) is 5.84 Å². The first-order valence-corrected chi connectivity index (χ1v) is 29.7. The van der Waals surface area contributed by atoms with Gasteiger partial charge in [-0.05, 0) is 112 Å². The number of carbonyl (C=O) groups is 10. The van der Waals surface area contributed by atoms with E-state index in [9.17, 15) is 43.2 Å². The fourth-order valence-corrected chi connectivity index (χ4v) is 11.0. The Labute approximate surface area is 489 Å². The lowest BCUT2D eigenvalue weighted by Crippen LogP contribution is -2.63. The van der Waals surface area contributed by atoms with Crippen molar-refractivity contribution in [2.45, 2.75) is 193 Å². The first-order chi connectivity index (χ1) is 39.4. The minimum atomic E-state index is -1.39. The average Bonchev–Trinajstić information content (AvgIpc) is 4.27. The molecule has 13 N–H and O–H groups in total. The number of hydrazine groups is 1. The van der Waals surface area contributed by atoms with Gasteiger partial charge < -0.3 is 58.5 Å². The number of nitrogens with two attached hydrogens (primary N) is 3. The number of hydrogen-bond acceptors (Lipinski definition) is 13. The van der Waals surface area contributed by atoms with Crippen molar-refractivity contribution < 1.29 is 47.9 Å². The lowest BCUT2D eigenvalue weighted by atomic mass is 9.98. The summed E-state index contributed by atoms with van der Waals surface area (Å²) in [7, 11) is 0. The molecule has 0 spiro atoms. The van der Waals surface area contributed by atoms with Crippen LogP contribution in [0.5, 0.6) is 0 Å². The van der Waals surface area contributed by atoms with Crippen molar-refractivity contribution in [1.82, 2.24) is 52.0 Å². The highest BCUT2D eigenvalue weighted by Gasteiger charge is 2.44. The number of rotatable bonds is 16. The number of nitrogens with one attached hydrogen (secondary N) is 7. The van der Waals surface area contributed by atoms with E-state index in [1.807, 2.05) is 33.8 Å². The molecule has 2 aromatic carbocycles. The van der Waals surface area contributed by atoms with Gasteiger partial charge >= 0.3 is 0 Å². The summed E-state index contributed by atoms with van der Waals surface area (Å²) in [6.45, 7) is 14.9. The van der Waals surface area contributed by atoms with E-state index >= 15 is 4.79 Å². The van der Waals surface area contributed by atoms with Crippen LogP contribution in [0.3, 0.4) is 0 Å². The van der Waals surface area contributed by atoms with Gasteiger partial charge in [0.1, 0.15) is 60.4 Å². The molecule has 3 aliphatic heterocycles. The topological polar surface area (TPSA) is 343 Å². The molecule has 3 fully saturated rings. The zero-order valence-corrected chi connectivity index (χ0v) is 49.8. The minimum absolute atomic E-state index is 0.0212. The van der Waals surface area contributed by atoms with Gasteiger partial charge in [0.25, 0.3) is 5.91 Å². The summed E-state index contributed by atoms with van der Waals surface area (Å²) >= 11 is 0. The first kappa shape index (κ1) is 66.8. The number of nitrogens with zero attached hydrogens (tertiary/aromatic N) is 3. The zero-order chi connectivity index (χ0) is 61.1. The summed E-state index contributed by atoms with van der Waals surface area (Å²) in [4.78, 5) is 149. The third-order valence-corrected chi connectivity index (χ3v) is 15.5. The normalized spacial score (nSPS) is 26.5. The van der Waals surface area contributed by atoms with Gasteiger partial charge in [0, 0.05) is 25.9 Å². The molecule has 23 nitrogen and oxygen atoms in total. The van der Waals surface area contributed by atoms with Gasteiger partial charge in [-0.3, -0.25) is 53.0 Å². The summed E-state index contributed by atoms with van der Waals surface area (Å²) in [6.07, 6.45) is 2.10. The van der Waals surface area contributed by atoms with Crippen LogP contribution in [0.15, 0.2) is 60.7 Å². The number of hydrogen-bond donors (Lipinski definition) is 10. The maximum atomic E-state index is 15.1. The Kier molecular flexibility index (Phi) is 25.9. The highest BCUT2D eigenvalue weighted by Crippen LogP contribution is 2.25. The van der Waals surface area contributed by atoms with Crippen molar-refractivity contribution >= 4 is 59.1 Å². The molecule has 0 aromatic heterocycles. The molecule has 23 heteroatoms. The largest absolute Gasteiger partial charge is 0.343 e. The Hall–Kier alpha value is -6.98. The van der Waals surface area contributed by atoms with Gasteiger partial charge in [0.05, 0.1) is 0 Å². The average molecular weight is 1160 g/mol. The number of benzene rings is 2. The predicted octanol–water partition coefficient (Wildman–Crippen LogP) is 0.814. The number of fused-ring (bicyclic) bond motifs is 2. The van der Waals surface area contributed by atoms with Gasteiger partial charge in [-0.2, -0.15) is 0 Å². The van der Waals surface area contributed by atoms with Gasteiger partial charge in [0.2, 0.25) is 53.2 Å². The second kappa shape index (κ2) is 32.2. The highest BCUT2D eigenvalue weighted by atomic mass is 16.2. The van der Waals surface area contributed by atoms with E-state index in [1.165, 1.54) is 9.80 Å². The van der Waals surface area contributed by atoms with E-state index in [0.29, 0.717) is 30.4 Å². The van der Waals surface area contributed by atoms with Crippen LogP contribution in [-0.2, 0) is 60.8 Å². The fourth-order valence-electron chi connectivity index (χ4n) is 11.0. The van der Waals surface area contributed by atoms with Crippen LogP contribution in [0.4, 0.5) is 0 Å². The smallest absolute Gasteiger partial charge is 0.259 e. The van der Waals surface area contributed by atoms with Gasteiger partial charge in [0.15, 0.2) is 0 Å². The van der Waals surface area contributed by atoms with E-state index in [2.05, 4.69) is 37.2 Å². The van der Waals surface area contributed by atoms with E-state index in [1.54, 1.807) is 82.3 Å². The van der Waals surface area contributed by atoms with Gasteiger partial charge in [-0.1, -0.05) is 116 Å². The molecular formula is C60H93N13O10. The van der Waals surface area contributed by atoms with Crippen molar-refractivity contribution in [2.75, 3.05) is 26.2 Å². The van der Waals surface area contributed by atoms with E-state index in [-0.39, 0.29) is 95.8 Å². The molecule has 0 radical (unpaired) electrons. The monoisotopic (exact) mass is 1160 g/mol. The fraction of sp³-hybridized carbons (Fsp3) is 0.633. The van der Waals surface area contributed by atoms with Crippen LogP contribution in [0.2, 0.25) is 0 Å². The van der Waals surface area contributed by atoms with E-state index < -0.39 is 131 Å². The summed E-state index contributed by atoms with van der Waals surface area (Å²) in [6, 6.07) is 5.67. The molecule has 0 aliphatic carbocycles. The SMILES string of the molecule is CC(C)C[C@@H]1NC(=O)[C@H](CCCN)NC(=O)[C@H](C(C)C)NC(=O)[C@@H]2CCCN2C(=O)[C@@H](Cc2ccccc2)N(N)C(=O)[C@H](CC(C)C)NC(=O)[C@H](CCCN)NC(=O)[C@H](C(C)C)NC(=O)[C@@H]2CCCN2C(=O)[C@@H](Cc2ccccc2)NC1=O. The molecule has 3 heterocycles. The quantitative estimate of drug-likeness (QED) is 0.0823. The highest BCUT2D eigenvalue weighted by molar-refractivity contribution is 6.00. The number of amides is 10. The molecule has 0 saturated carbocycles. The molecule has 0 bridgehead atoms. The molecule has 83 heavy (non-hydrogen) atoms. The summed E-state index contributed by atoms with van der Waals surface area (Å²) in [5.41, 5.74) is 13.2. The second-order valence-corrected chi connectivity index (χ2v) is 23.9. The van der Waals surface area contributed by atoms with Crippen molar-refractivity contribution in [1.29, 1.82) is 0 Å². The minimum Gasteiger partial charge on any atom is -0.343 e. The third kappa shape index (κ3) is 19.0. The second-order valence-electron chi connectivity index (χ2n) is 23.9. The first-order valence-electron chi connectivity index (χ1n) is 29.7. The van der Waals surface area contributed by atoms with Crippen LogP contribution in [0.25, 0.3) is 0 Å². The van der Waals surface area contributed by atoms with Crippen LogP contribution in [0, 0.1) is 23.7 Å². The molecule has 2 aromatic rings. The molecule has 3 saturated heterocycles. The third-order valence-electron chi connectivity index (χ3n) is 15.5. The molecule has 3 aliphatic rings. The molecule has 0 unspecified atom stereocenters. The Bertz CT molecular complexity index is 2530. The Balaban J connectivity index is 1.60. The Morgan fingerprint density at radius 3 is 1.27 bits per heavy atom. The number of carbonyl (C=O) groups excluding carboxylic acids is 10. The predicted molar refractivity (Wildman–Crippen MR) is 313 cm³/mol. The van der Waals surface area contributed by atoms with E-state index in [0.717, 1.165) is 5.01 Å². The molecule has 458 valence electrons. The van der Waals surface area contributed by atoms with Crippen molar-refractivity contribution in [3.8, 4) is 0 Å². The summed E-state index contributed by atoms with van der Waals surface area (Å²) < 4.78 is 0. The standard InChI is InChI=1S/C60H93N13O10/c1-35(2)31-43-53(76)68-45(33-39-19-11-9-12-20-39)58(81)71-29-17-25-46(71)54(77)69-49(37(5)6)57(80)65-42(24-16-28-62)52(75)67-44(32-36(3)4)59(82)73(63)48(34-40-21-13-10-14-22-40)60(83)72-30-18-26-47(72)55(78)70-50(38(7)8)56(79)64-41(23-15-27-61)51(74)66-43/h9-14,19-22,35-38,41-50H,15-18,23-34,61-63H2,1-8H3,(H,64,79)(H,65,80)(H,66,74)(H,67,75)(H,68,76)(H,69,77)(H,70,78)/t41-,42-,43-,44-,45+,46-,47-,48+,49-,50-/m0/s1. The van der Waals surface area contributed by atoms with Crippen LogP contribution >= 0.6 is 0 Å². The molecule has 10 atom stereocenters. The molecular weight excluding hydrogens is 1060 g/mol. The van der Waals surface area contributed by atoms with Crippen molar-refractivity contribution in [3.63, 3.8) is 0 Å². The van der Waals surface area contributed by atoms with Crippen LogP contribution in [0.1, 0.15) is 131 Å². The maximum Gasteiger partial charge on any atom is 0.259 e. The summed E-state index contributed by atoms with van der Waals surface area (Å²) in [5.74, 6) is -1.44. The van der Waals surface area contributed by atoms with E-state index in [4.69, 9.17) is 17.3 Å². The lowest BCUT2D eigenvalue weighted by molar-refractivity contribution is -0.150. The maximum absolute atomic E-state index is 15.1. The summed E-state index contributed by atoms with van der Waals surface area (Å²) in [5, 5.41) is 20.7. The van der Waals surface area contributed by atoms with Crippen molar-refractivity contribution in [2.24, 2.45) is 41.0 Å². The lowest BCUT2D eigenvalue weighted by Gasteiger charge is -2.35. The Morgan fingerprint density at radius 1 is 0.446 bits per heavy atom. The zero-order valence-electron chi connectivity index (χ0n) is 49.8. The molecule has 5 rings (SSSR count). The van der Waals surface area contributed by atoms with Crippen LogP contribution < -0.4 is 54.5 Å². The van der Waals surface area contributed by atoms with Gasteiger partial charge in [-0.15, -0.1) is 0 Å². The van der Waals surface area contributed by atoms with Crippen LogP contribution in [-0.4, -0.2) is 160 Å². The Morgan fingerprint density at radius 2 is 0.831 bits per heavy atom. The molecule has 10 amide bonds. The van der Waals surface area contributed by atoms with Crippen molar-refractivity contribution in [3.05, 3.63) is 71.8 Å².